The number of nitrogens with zero attached hydrogens (tertiary/aromatic N) is 1. The van der Waals surface area contributed by atoms with Gasteiger partial charge < -0.3 is 4.74 Å². The smallest absolute Gasteiger partial charge is 0.412 e. The van der Waals surface area contributed by atoms with Crippen molar-refractivity contribution in [3.63, 3.8) is 0 Å². The topological polar surface area (TPSA) is 140 Å². The molecule has 3 N–H and O–H groups in total. The Kier molecular flexibility index (Phi) is 6.50. The Morgan fingerprint density at radius 3 is 2.07 bits per heavy atom. The number of hydrogen-bond donors (Lipinski definition) is 3. The average molecular weight is 400 g/mol. The van der Waals surface area contributed by atoms with Crippen LogP contribution in [-0.2, 0) is 4.74 Å². The predicted octanol–water partition coefficient (Wildman–Crippen LogP) is 3.02. The van der Waals surface area contributed by atoms with Gasteiger partial charge in [0.1, 0.15) is 5.60 Å². The molecule has 3 amide bonds. The normalized spacial score (nSPS) is 10.6. The number of carbonyl (C=O) groups is 3. The number of anilines is 1. The molecule has 0 radical (unpaired) electrons. The summed E-state index contributed by atoms with van der Waals surface area (Å²) in [6, 6.07) is 11.0. The second-order valence-electron chi connectivity index (χ2n) is 6.92. The first-order valence-electron chi connectivity index (χ1n) is 8.50. The van der Waals surface area contributed by atoms with Crippen molar-refractivity contribution < 1.29 is 24.0 Å². The molecule has 2 rings (SSSR count). The minimum absolute atomic E-state index is 0.0245. The molecule has 29 heavy (non-hydrogen) atoms. The zero-order valence-corrected chi connectivity index (χ0v) is 16.0. The maximum atomic E-state index is 12.1. The van der Waals surface area contributed by atoms with Crippen LogP contribution in [0.15, 0.2) is 48.5 Å². The molecule has 0 atom stereocenters. The molecular weight excluding hydrogens is 380 g/mol. The molecule has 0 heterocycles. The Hall–Kier alpha value is -3.95. The van der Waals surface area contributed by atoms with Gasteiger partial charge in [-0.3, -0.25) is 35.9 Å². The van der Waals surface area contributed by atoms with Crippen molar-refractivity contribution in [2.45, 2.75) is 26.4 Å². The lowest BCUT2D eigenvalue weighted by Gasteiger charge is -2.19. The quantitative estimate of drug-likeness (QED) is 0.532. The van der Waals surface area contributed by atoms with E-state index in [1.807, 2.05) is 0 Å². The standard InChI is InChI=1S/C19H20N4O6/c1-19(2,3)29-18(26)20-14-9-7-12(8-10-14)16(24)21-22-17(25)13-5-4-6-15(11-13)23(27)28/h4-11H,1-3H3,(H,20,26)(H,21,24)(H,22,25). The summed E-state index contributed by atoms with van der Waals surface area (Å²) < 4.78 is 5.13. The van der Waals surface area contributed by atoms with Crippen molar-refractivity contribution in [3.8, 4) is 0 Å². The molecule has 0 unspecified atom stereocenters. The van der Waals surface area contributed by atoms with Crippen molar-refractivity contribution in [3.05, 3.63) is 69.8 Å². The summed E-state index contributed by atoms with van der Waals surface area (Å²) in [4.78, 5) is 46.0. The van der Waals surface area contributed by atoms with E-state index in [-0.39, 0.29) is 16.8 Å². The van der Waals surface area contributed by atoms with Crippen LogP contribution in [0, 0.1) is 10.1 Å². The zero-order valence-electron chi connectivity index (χ0n) is 16.0. The van der Waals surface area contributed by atoms with E-state index < -0.39 is 28.4 Å². The van der Waals surface area contributed by atoms with Crippen LogP contribution in [-0.4, -0.2) is 28.4 Å². The Labute approximate surface area is 166 Å². The largest absolute Gasteiger partial charge is 0.444 e. The summed E-state index contributed by atoms with van der Waals surface area (Å²) in [5.41, 5.74) is 4.20. The third-order valence-corrected chi connectivity index (χ3v) is 3.40. The lowest BCUT2D eigenvalue weighted by molar-refractivity contribution is -0.384. The third-order valence-electron chi connectivity index (χ3n) is 3.40. The van der Waals surface area contributed by atoms with E-state index in [1.54, 1.807) is 20.8 Å². The maximum Gasteiger partial charge on any atom is 0.412 e. The Morgan fingerprint density at radius 2 is 1.52 bits per heavy atom. The molecule has 10 heteroatoms. The molecule has 2 aromatic carbocycles. The van der Waals surface area contributed by atoms with Gasteiger partial charge in [-0.1, -0.05) is 6.07 Å². The van der Waals surface area contributed by atoms with Crippen LogP contribution in [0.5, 0.6) is 0 Å². The van der Waals surface area contributed by atoms with Gasteiger partial charge in [-0.25, -0.2) is 4.79 Å². The Morgan fingerprint density at radius 1 is 0.931 bits per heavy atom. The molecule has 2 aromatic rings. The van der Waals surface area contributed by atoms with E-state index in [4.69, 9.17) is 4.74 Å². The van der Waals surface area contributed by atoms with Gasteiger partial charge in [-0.15, -0.1) is 0 Å². The maximum absolute atomic E-state index is 12.1. The molecule has 0 aliphatic rings. The van der Waals surface area contributed by atoms with Crippen LogP contribution in [0.2, 0.25) is 0 Å². The monoisotopic (exact) mass is 400 g/mol. The first-order chi connectivity index (χ1) is 13.5. The minimum Gasteiger partial charge on any atom is -0.444 e. The number of nitrogens with one attached hydrogen (secondary N) is 3. The lowest BCUT2D eigenvalue weighted by Crippen LogP contribution is -2.41. The molecular formula is C19H20N4O6. The average Bonchev–Trinajstić information content (AvgIpc) is 2.65. The van der Waals surface area contributed by atoms with E-state index in [0.717, 1.165) is 6.07 Å². The number of non-ortho nitro benzene ring substituents is 1. The first kappa shape index (κ1) is 21.4. The SMILES string of the molecule is CC(C)(C)OC(=O)Nc1ccc(C(=O)NNC(=O)c2cccc([N+](=O)[O-])c2)cc1. The Balaban J connectivity index is 1.92. The van der Waals surface area contributed by atoms with Crippen molar-refractivity contribution in [1.29, 1.82) is 0 Å². The summed E-state index contributed by atoms with van der Waals surface area (Å²) >= 11 is 0. The molecule has 10 nitrogen and oxygen atoms in total. The fourth-order valence-electron chi connectivity index (χ4n) is 2.14. The molecule has 152 valence electrons. The van der Waals surface area contributed by atoms with E-state index in [2.05, 4.69) is 16.2 Å². The van der Waals surface area contributed by atoms with Crippen LogP contribution < -0.4 is 16.2 Å². The van der Waals surface area contributed by atoms with E-state index in [1.165, 1.54) is 42.5 Å². The minimum atomic E-state index is -0.703. The fourth-order valence-corrected chi connectivity index (χ4v) is 2.14. The second-order valence-corrected chi connectivity index (χ2v) is 6.92. The van der Waals surface area contributed by atoms with Crippen molar-refractivity contribution in [2.75, 3.05) is 5.32 Å². The van der Waals surface area contributed by atoms with Crippen LogP contribution in [0.4, 0.5) is 16.2 Å². The first-order valence-corrected chi connectivity index (χ1v) is 8.50. The number of amides is 3. The van der Waals surface area contributed by atoms with E-state index in [0.29, 0.717) is 5.69 Å². The molecule has 0 fully saturated rings. The van der Waals surface area contributed by atoms with Crippen LogP contribution >= 0.6 is 0 Å². The van der Waals surface area contributed by atoms with Crippen LogP contribution in [0.25, 0.3) is 0 Å². The highest BCUT2D eigenvalue weighted by Gasteiger charge is 2.16. The number of nitro benzene ring substituents is 1. The summed E-state index contributed by atoms with van der Waals surface area (Å²) in [7, 11) is 0. The summed E-state index contributed by atoms with van der Waals surface area (Å²) in [6.45, 7) is 5.21. The van der Waals surface area contributed by atoms with Gasteiger partial charge in [-0.05, 0) is 51.1 Å². The number of benzene rings is 2. The van der Waals surface area contributed by atoms with Gasteiger partial charge in [0.15, 0.2) is 0 Å². The molecule has 0 aromatic heterocycles. The number of nitro groups is 1. The number of hydrazine groups is 1. The predicted molar refractivity (Wildman–Crippen MR) is 104 cm³/mol. The molecule has 0 saturated carbocycles. The van der Waals surface area contributed by atoms with Crippen LogP contribution in [0.3, 0.4) is 0 Å². The highest BCUT2D eigenvalue weighted by molar-refractivity contribution is 5.99. The highest BCUT2D eigenvalue weighted by Crippen LogP contribution is 2.14. The fraction of sp³-hybridized carbons (Fsp3) is 0.211. The van der Waals surface area contributed by atoms with Gasteiger partial charge in [0.05, 0.1) is 4.92 Å². The van der Waals surface area contributed by atoms with Crippen LogP contribution in [0.1, 0.15) is 41.5 Å². The van der Waals surface area contributed by atoms with Gasteiger partial charge in [0.25, 0.3) is 17.5 Å². The van der Waals surface area contributed by atoms with Crippen molar-refractivity contribution in [1.82, 2.24) is 10.9 Å². The van der Waals surface area contributed by atoms with E-state index in [9.17, 15) is 24.5 Å². The van der Waals surface area contributed by atoms with Gasteiger partial charge in [-0.2, -0.15) is 0 Å². The summed E-state index contributed by atoms with van der Waals surface area (Å²) in [5, 5.41) is 13.3. The van der Waals surface area contributed by atoms with Crippen molar-refractivity contribution in [2.24, 2.45) is 0 Å². The van der Waals surface area contributed by atoms with Gasteiger partial charge >= 0.3 is 6.09 Å². The number of rotatable bonds is 4. The number of ether oxygens (including phenoxy) is 1. The number of carbonyl (C=O) groups excluding carboxylic acids is 3. The molecule has 0 aliphatic heterocycles. The summed E-state index contributed by atoms with van der Waals surface area (Å²) in [6.07, 6.45) is -0.626. The van der Waals surface area contributed by atoms with E-state index >= 15 is 0 Å². The molecule has 0 aliphatic carbocycles. The van der Waals surface area contributed by atoms with Gasteiger partial charge in [0.2, 0.25) is 0 Å². The molecule has 0 spiro atoms. The second kappa shape index (κ2) is 8.83. The highest BCUT2D eigenvalue weighted by atomic mass is 16.6. The van der Waals surface area contributed by atoms with Gasteiger partial charge in [0, 0.05) is 28.9 Å². The molecule has 0 saturated heterocycles. The molecule has 0 bridgehead atoms. The number of hydrogen-bond acceptors (Lipinski definition) is 6. The Bertz CT molecular complexity index is 934. The third kappa shape index (κ3) is 6.61. The zero-order chi connectivity index (χ0) is 21.6. The lowest BCUT2D eigenvalue weighted by atomic mass is 10.2. The summed E-state index contributed by atoms with van der Waals surface area (Å²) in [5.74, 6) is -1.31. The van der Waals surface area contributed by atoms with Crippen molar-refractivity contribution >= 4 is 29.3 Å².